The molecule has 0 spiro atoms. The van der Waals surface area contributed by atoms with Gasteiger partial charge >= 0.3 is 0 Å². The van der Waals surface area contributed by atoms with E-state index in [4.69, 9.17) is 0 Å². The SMILES string of the molecule is CCC1CN(C(=NC)NCc2ccc(N3CCSCC3)cc2)CCS1.I. The van der Waals surface area contributed by atoms with E-state index in [9.17, 15) is 0 Å². The van der Waals surface area contributed by atoms with Crippen molar-refractivity contribution in [2.75, 3.05) is 55.4 Å². The molecule has 2 fully saturated rings. The van der Waals surface area contributed by atoms with Crippen molar-refractivity contribution >= 4 is 59.1 Å². The molecule has 146 valence electrons. The lowest BCUT2D eigenvalue weighted by molar-refractivity contribution is 0.408. The van der Waals surface area contributed by atoms with E-state index in [1.807, 2.05) is 7.05 Å². The van der Waals surface area contributed by atoms with Crippen LogP contribution in [-0.2, 0) is 6.54 Å². The molecule has 0 saturated carbocycles. The van der Waals surface area contributed by atoms with Crippen LogP contribution in [0.1, 0.15) is 18.9 Å². The Hall–Kier alpha value is -0.280. The molecule has 0 bridgehead atoms. The molecule has 7 heteroatoms. The highest BCUT2D eigenvalue weighted by molar-refractivity contribution is 14.0. The number of guanidine groups is 1. The maximum Gasteiger partial charge on any atom is 0.193 e. The average Bonchev–Trinajstić information content (AvgIpc) is 2.70. The number of benzene rings is 1. The van der Waals surface area contributed by atoms with Gasteiger partial charge in [-0.25, -0.2) is 0 Å². The number of anilines is 1. The molecule has 1 aromatic rings. The number of halogens is 1. The lowest BCUT2D eigenvalue weighted by Gasteiger charge is -2.34. The summed E-state index contributed by atoms with van der Waals surface area (Å²) in [4.78, 5) is 9.39. The molecule has 2 aliphatic rings. The zero-order chi connectivity index (χ0) is 17.5. The molecule has 1 atom stereocenters. The third-order valence-corrected chi connectivity index (χ3v) is 7.18. The largest absolute Gasteiger partial charge is 0.370 e. The van der Waals surface area contributed by atoms with Crippen molar-refractivity contribution in [3.63, 3.8) is 0 Å². The number of nitrogens with zero attached hydrogens (tertiary/aromatic N) is 3. The number of rotatable bonds is 4. The first kappa shape index (κ1) is 22.0. The smallest absolute Gasteiger partial charge is 0.193 e. The molecule has 1 N–H and O–H groups in total. The molecule has 2 aliphatic heterocycles. The monoisotopic (exact) mass is 506 g/mol. The summed E-state index contributed by atoms with van der Waals surface area (Å²) in [7, 11) is 1.89. The molecule has 1 unspecified atom stereocenters. The van der Waals surface area contributed by atoms with Gasteiger partial charge in [-0.1, -0.05) is 19.1 Å². The first-order valence-electron chi connectivity index (χ1n) is 9.29. The molecule has 0 aromatic heterocycles. The number of thioether (sulfide) groups is 2. The third kappa shape index (κ3) is 6.12. The van der Waals surface area contributed by atoms with E-state index in [0.717, 1.165) is 30.8 Å². The maximum atomic E-state index is 4.50. The zero-order valence-corrected chi connectivity index (χ0v) is 19.8. The summed E-state index contributed by atoms with van der Waals surface area (Å²) in [5.41, 5.74) is 2.67. The van der Waals surface area contributed by atoms with Crippen molar-refractivity contribution in [3.05, 3.63) is 29.8 Å². The van der Waals surface area contributed by atoms with Crippen LogP contribution in [0.4, 0.5) is 5.69 Å². The van der Waals surface area contributed by atoms with Crippen LogP contribution in [0.2, 0.25) is 0 Å². The van der Waals surface area contributed by atoms with Crippen molar-refractivity contribution in [3.8, 4) is 0 Å². The van der Waals surface area contributed by atoms with Gasteiger partial charge in [0.15, 0.2) is 5.96 Å². The first-order valence-corrected chi connectivity index (χ1v) is 11.5. The fourth-order valence-corrected chi connectivity index (χ4v) is 5.40. The molecular formula is C19H31IN4S2. The molecule has 3 rings (SSSR count). The molecular weight excluding hydrogens is 475 g/mol. The van der Waals surface area contributed by atoms with E-state index in [1.54, 1.807) is 0 Å². The molecule has 2 saturated heterocycles. The highest BCUT2D eigenvalue weighted by Crippen LogP contribution is 2.22. The second-order valence-electron chi connectivity index (χ2n) is 6.51. The van der Waals surface area contributed by atoms with Crippen LogP contribution in [0.5, 0.6) is 0 Å². The molecule has 1 aromatic carbocycles. The molecule has 2 heterocycles. The summed E-state index contributed by atoms with van der Waals surface area (Å²) in [6.45, 7) is 7.64. The molecule has 0 radical (unpaired) electrons. The Morgan fingerprint density at radius 2 is 1.88 bits per heavy atom. The van der Waals surface area contributed by atoms with E-state index in [2.05, 4.69) is 74.8 Å². The Balaban J connectivity index is 0.00000243. The van der Waals surface area contributed by atoms with Crippen LogP contribution < -0.4 is 10.2 Å². The topological polar surface area (TPSA) is 30.9 Å². The third-order valence-electron chi connectivity index (χ3n) is 4.87. The van der Waals surface area contributed by atoms with Crippen LogP contribution in [0.3, 0.4) is 0 Å². The number of aliphatic imine (C=N–C) groups is 1. The summed E-state index contributed by atoms with van der Waals surface area (Å²) in [6.07, 6.45) is 1.23. The lowest BCUT2D eigenvalue weighted by atomic mass is 10.2. The normalized spacial score (nSPS) is 21.3. The Morgan fingerprint density at radius 3 is 2.54 bits per heavy atom. The number of nitrogens with one attached hydrogen (secondary N) is 1. The Kier molecular flexibility index (Phi) is 9.77. The van der Waals surface area contributed by atoms with Crippen LogP contribution in [0.25, 0.3) is 0 Å². The summed E-state index contributed by atoms with van der Waals surface area (Å²) in [5, 5.41) is 4.28. The number of hydrogen-bond acceptors (Lipinski definition) is 4. The van der Waals surface area contributed by atoms with Gasteiger partial charge in [0, 0.05) is 68.0 Å². The zero-order valence-electron chi connectivity index (χ0n) is 15.8. The van der Waals surface area contributed by atoms with Gasteiger partial charge in [0.1, 0.15) is 0 Å². The van der Waals surface area contributed by atoms with Crippen molar-refractivity contribution in [1.82, 2.24) is 10.2 Å². The Morgan fingerprint density at radius 1 is 1.15 bits per heavy atom. The summed E-state index contributed by atoms with van der Waals surface area (Å²) < 4.78 is 0. The summed E-state index contributed by atoms with van der Waals surface area (Å²) in [5.74, 6) is 4.72. The van der Waals surface area contributed by atoms with Gasteiger partial charge in [0.2, 0.25) is 0 Å². The van der Waals surface area contributed by atoms with Gasteiger partial charge in [-0.15, -0.1) is 24.0 Å². The van der Waals surface area contributed by atoms with Gasteiger partial charge in [0.25, 0.3) is 0 Å². The minimum atomic E-state index is 0. The standard InChI is InChI=1S/C19H30N4S2.HI/c1-3-18-15-23(10-13-25-18)19(20-2)21-14-16-4-6-17(7-5-16)22-8-11-24-12-9-22;/h4-7,18H,3,8-15H2,1-2H3,(H,20,21);1H. The predicted molar refractivity (Wildman–Crippen MR) is 130 cm³/mol. The summed E-state index contributed by atoms with van der Waals surface area (Å²) >= 11 is 4.15. The predicted octanol–water partition coefficient (Wildman–Crippen LogP) is 3.76. The first-order chi connectivity index (χ1) is 12.3. The Labute approximate surface area is 184 Å². The van der Waals surface area contributed by atoms with Crippen LogP contribution in [0.15, 0.2) is 29.3 Å². The van der Waals surface area contributed by atoms with Crippen LogP contribution in [0, 0.1) is 0 Å². The minimum absolute atomic E-state index is 0. The minimum Gasteiger partial charge on any atom is -0.370 e. The van der Waals surface area contributed by atoms with Crippen LogP contribution >= 0.6 is 47.5 Å². The Bertz CT molecular complexity index is 561. The van der Waals surface area contributed by atoms with Crippen molar-refractivity contribution in [1.29, 1.82) is 0 Å². The molecule has 26 heavy (non-hydrogen) atoms. The molecule has 0 aliphatic carbocycles. The number of hydrogen-bond donors (Lipinski definition) is 1. The van der Waals surface area contributed by atoms with Crippen molar-refractivity contribution in [2.24, 2.45) is 4.99 Å². The quantitative estimate of drug-likeness (QED) is 0.382. The van der Waals surface area contributed by atoms with Gasteiger partial charge in [0.05, 0.1) is 0 Å². The van der Waals surface area contributed by atoms with Crippen molar-refractivity contribution < 1.29 is 0 Å². The highest BCUT2D eigenvalue weighted by Gasteiger charge is 2.21. The van der Waals surface area contributed by atoms with E-state index in [-0.39, 0.29) is 24.0 Å². The van der Waals surface area contributed by atoms with Gasteiger partial charge in [-0.2, -0.15) is 23.5 Å². The van der Waals surface area contributed by atoms with E-state index < -0.39 is 0 Å². The van der Waals surface area contributed by atoms with Gasteiger partial charge in [-0.05, 0) is 24.1 Å². The maximum absolute atomic E-state index is 4.50. The second-order valence-corrected chi connectivity index (χ2v) is 9.15. The van der Waals surface area contributed by atoms with E-state index in [0.29, 0.717) is 0 Å². The fraction of sp³-hybridized carbons (Fsp3) is 0.632. The van der Waals surface area contributed by atoms with Gasteiger partial charge in [-0.3, -0.25) is 4.99 Å². The van der Waals surface area contributed by atoms with Gasteiger partial charge < -0.3 is 15.1 Å². The fourth-order valence-electron chi connectivity index (χ4n) is 3.32. The van der Waals surface area contributed by atoms with E-state index >= 15 is 0 Å². The summed E-state index contributed by atoms with van der Waals surface area (Å²) in [6, 6.07) is 9.03. The molecule has 0 amide bonds. The van der Waals surface area contributed by atoms with Crippen LogP contribution in [-0.4, -0.2) is 66.6 Å². The highest BCUT2D eigenvalue weighted by atomic mass is 127. The lowest BCUT2D eigenvalue weighted by Crippen LogP contribution is -2.47. The second kappa shape index (κ2) is 11.5. The van der Waals surface area contributed by atoms with Crippen molar-refractivity contribution in [2.45, 2.75) is 25.1 Å². The average molecular weight is 507 g/mol. The van der Waals surface area contributed by atoms with E-state index in [1.165, 1.54) is 48.0 Å². The molecule has 4 nitrogen and oxygen atoms in total.